The summed E-state index contributed by atoms with van der Waals surface area (Å²) < 4.78 is 32.5. The summed E-state index contributed by atoms with van der Waals surface area (Å²) in [6, 6.07) is 14.9. The van der Waals surface area contributed by atoms with E-state index in [9.17, 15) is 13.2 Å². The number of sulfonamides is 1. The van der Waals surface area contributed by atoms with Crippen molar-refractivity contribution in [3.63, 3.8) is 0 Å². The number of nitrogens with zero attached hydrogens (tertiary/aromatic N) is 5. The maximum atomic E-state index is 12.8. The van der Waals surface area contributed by atoms with Gasteiger partial charge in [0.2, 0.25) is 10.0 Å². The molecule has 4 aromatic rings. The first kappa shape index (κ1) is 22.9. The number of hydrogen-bond donors (Lipinski definition) is 1. The van der Waals surface area contributed by atoms with Gasteiger partial charge >= 0.3 is 0 Å². The number of rotatable bonds is 5. The second-order valence-corrected chi connectivity index (χ2v) is 10.0. The van der Waals surface area contributed by atoms with Crippen LogP contribution in [0.2, 0.25) is 0 Å². The number of carbonyl (C=O) groups is 1. The number of para-hydroxylation sites is 1. The summed E-state index contributed by atoms with van der Waals surface area (Å²) in [5.74, 6) is 0.0288. The summed E-state index contributed by atoms with van der Waals surface area (Å²) in [5.41, 5.74) is 3.35. The van der Waals surface area contributed by atoms with Crippen LogP contribution in [-0.4, -0.2) is 66.6 Å². The molecule has 1 aliphatic rings. The molecular formula is C24H24N6O4S. The fourth-order valence-electron chi connectivity index (χ4n) is 4.13. The Morgan fingerprint density at radius 1 is 1.09 bits per heavy atom. The molecule has 0 unspecified atom stereocenters. The first-order valence-corrected chi connectivity index (χ1v) is 13.0. The number of ether oxygens (including phenoxy) is 1. The van der Waals surface area contributed by atoms with Crippen LogP contribution in [0, 0.1) is 6.92 Å². The zero-order valence-corrected chi connectivity index (χ0v) is 20.1. The summed E-state index contributed by atoms with van der Waals surface area (Å²) in [6.45, 7) is 4.73. The number of hydrogen-bond acceptors (Lipinski definition) is 8. The van der Waals surface area contributed by atoms with E-state index >= 15 is 0 Å². The molecule has 1 aliphatic heterocycles. The zero-order chi connectivity index (χ0) is 24.6. The van der Waals surface area contributed by atoms with E-state index in [0.717, 1.165) is 47.5 Å². The summed E-state index contributed by atoms with van der Waals surface area (Å²) in [6.07, 6.45) is 2.67. The van der Waals surface area contributed by atoms with Crippen LogP contribution in [-0.2, 0) is 14.8 Å². The number of pyridine rings is 2. The van der Waals surface area contributed by atoms with Crippen LogP contribution in [0.1, 0.15) is 16.2 Å². The van der Waals surface area contributed by atoms with Crippen LogP contribution >= 0.6 is 0 Å². The van der Waals surface area contributed by atoms with Crippen LogP contribution < -0.4 is 9.62 Å². The van der Waals surface area contributed by atoms with Crippen molar-refractivity contribution in [2.75, 3.05) is 37.5 Å². The standard InChI is InChI=1S/C24H24N6O4S/c1-16-22-19(17-8-9-21(25-15-17)29-10-12-34-13-11-29)14-20(24(31)28-35(2,32)33)26-23(22)30(27-16)18-6-4-3-5-7-18/h3-9,14-15H,10-13H2,1-2H3,(H,28,31). The minimum atomic E-state index is -3.77. The molecule has 0 saturated carbocycles. The Labute approximate surface area is 202 Å². The Kier molecular flexibility index (Phi) is 5.95. The van der Waals surface area contributed by atoms with E-state index in [4.69, 9.17) is 4.74 Å². The number of benzene rings is 1. The van der Waals surface area contributed by atoms with E-state index < -0.39 is 15.9 Å². The summed E-state index contributed by atoms with van der Waals surface area (Å²) in [7, 11) is -3.77. The van der Waals surface area contributed by atoms with Crippen molar-refractivity contribution in [2.24, 2.45) is 0 Å². The van der Waals surface area contributed by atoms with Gasteiger partial charge < -0.3 is 9.64 Å². The molecule has 0 atom stereocenters. The van der Waals surface area contributed by atoms with Crippen LogP contribution in [0.3, 0.4) is 0 Å². The third-order valence-electron chi connectivity index (χ3n) is 5.72. The number of fused-ring (bicyclic) bond motifs is 1. The first-order chi connectivity index (χ1) is 16.8. The van der Waals surface area contributed by atoms with Crippen LogP contribution in [0.4, 0.5) is 5.82 Å². The van der Waals surface area contributed by atoms with Crippen molar-refractivity contribution < 1.29 is 17.9 Å². The Morgan fingerprint density at radius 3 is 2.49 bits per heavy atom. The fraction of sp³-hybridized carbons (Fsp3) is 0.250. The van der Waals surface area contributed by atoms with Crippen molar-refractivity contribution in [3.8, 4) is 16.8 Å². The SMILES string of the molecule is Cc1nn(-c2ccccc2)c2nc(C(=O)NS(C)(=O)=O)cc(-c3ccc(N4CCOCC4)nc3)c12. The average Bonchev–Trinajstić information content (AvgIpc) is 3.20. The molecule has 35 heavy (non-hydrogen) atoms. The van der Waals surface area contributed by atoms with Gasteiger partial charge in [-0.3, -0.25) is 4.79 Å². The van der Waals surface area contributed by atoms with Crippen molar-refractivity contribution >= 4 is 32.8 Å². The molecule has 1 N–H and O–H groups in total. The minimum absolute atomic E-state index is 0.0349. The zero-order valence-electron chi connectivity index (χ0n) is 19.3. The summed E-state index contributed by atoms with van der Waals surface area (Å²) in [4.78, 5) is 24.1. The number of morpholine rings is 1. The minimum Gasteiger partial charge on any atom is -0.378 e. The first-order valence-electron chi connectivity index (χ1n) is 11.1. The number of aryl methyl sites for hydroxylation is 1. The average molecular weight is 493 g/mol. The molecule has 180 valence electrons. The molecule has 0 spiro atoms. The van der Waals surface area contributed by atoms with Gasteiger partial charge in [0.25, 0.3) is 5.91 Å². The highest BCUT2D eigenvalue weighted by Crippen LogP contribution is 2.32. The number of amides is 1. The van der Waals surface area contributed by atoms with Gasteiger partial charge in [-0.1, -0.05) is 18.2 Å². The largest absolute Gasteiger partial charge is 0.378 e. The van der Waals surface area contributed by atoms with Crippen LogP contribution in [0.5, 0.6) is 0 Å². The molecule has 1 amide bonds. The Morgan fingerprint density at radius 2 is 1.83 bits per heavy atom. The quantitative estimate of drug-likeness (QED) is 0.451. The number of nitrogens with one attached hydrogen (secondary N) is 1. The Bertz CT molecular complexity index is 1490. The summed E-state index contributed by atoms with van der Waals surface area (Å²) in [5, 5.41) is 5.43. The summed E-state index contributed by atoms with van der Waals surface area (Å²) >= 11 is 0. The highest BCUT2D eigenvalue weighted by Gasteiger charge is 2.22. The van der Waals surface area contributed by atoms with Crippen molar-refractivity contribution in [3.05, 3.63) is 66.1 Å². The molecule has 4 heterocycles. The molecule has 10 nitrogen and oxygen atoms in total. The molecule has 0 aliphatic carbocycles. The van der Waals surface area contributed by atoms with Gasteiger partial charge in [-0.2, -0.15) is 5.10 Å². The van der Waals surface area contributed by atoms with Crippen molar-refractivity contribution in [2.45, 2.75) is 6.92 Å². The Balaban J connectivity index is 1.67. The molecule has 0 bridgehead atoms. The lowest BCUT2D eigenvalue weighted by Gasteiger charge is -2.27. The maximum Gasteiger partial charge on any atom is 0.283 e. The molecule has 1 fully saturated rings. The maximum absolute atomic E-state index is 12.8. The topological polar surface area (TPSA) is 119 Å². The molecule has 1 saturated heterocycles. The smallest absolute Gasteiger partial charge is 0.283 e. The number of anilines is 1. The fourth-order valence-corrected chi connectivity index (χ4v) is 4.57. The van der Waals surface area contributed by atoms with E-state index in [0.29, 0.717) is 24.4 Å². The van der Waals surface area contributed by atoms with E-state index in [1.807, 2.05) is 54.1 Å². The van der Waals surface area contributed by atoms with Crippen molar-refractivity contribution in [1.82, 2.24) is 24.5 Å². The molecule has 0 radical (unpaired) electrons. The molecule has 1 aromatic carbocycles. The second-order valence-electron chi connectivity index (χ2n) is 8.29. The van der Waals surface area contributed by atoms with Crippen LogP contribution in [0.15, 0.2) is 54.7 Å². The van der Waals surface area contributed by atoms with Gasteiger partial charge in [0.15, 0.2) is 5.65 Å². The number of aromatic nitrogens is 4. The van der Waals surface area contributed by atoms with Gasteiger partial charge in [-0.25, -0.2) is 27.8 Å². The Hall–Kier alpha value is -3.83. The third-order valence-corrected chi connectivity index (χ3v) is 6.27. The molecule has 5 rings (SSSR count). The number of carbonyl (C=O) groups excluding carboxylic acids is 1. The third kappa shape index (κ3) is 4.73. The predicted octanol–water partition coefficient (Wildman–Crippen LogP) is 2.32. The highest BCUT2D eigenvalue weighted by molar-refractivity contribution is 7.89. The normalized spacial score (nSPS) is 14.3. The van der Waals surface area contributed by atoms with Gasteiger partial charge in [0, 0.05) is 24.8 Å². The van der Waals surface area contributed by atoms with Gasteiger partial charge in [-0.05, 0) is 42.8 Å². The predicted molar refractivity (Wildman–Crippen MR) is 132 cm³/mol. The highest BCUT2D eigenvalue weighted by atomic mass is 32.2. The lowest BCUT2D eigenvalue weighted by Crippen LogP contribution is -2.36. The lowest BCUT2D eigenvalue weighted by molar-refractivity contribution is 0.0977. The van der Waals surface area contributed by atoms with E-state index in [1.165, 1.54) is 0 Å². The van der Waals surface area contributed by atoms with E-state index in [1.54, 1.807) is 16.9 Å². The van der Waals surface area contributed by atoms with Crippen LogP contribution in [0.25, 0.3) is 27.8 Å². The van der Waals surface area contributed by atoms with E-state index in [-0.39, 0.29) is 5.69 Å². The van der Waals surface area contributed by atoms with E-state index in [2.05, 4.69) is 20.0 Å². The van der Waals surface area contributed by atoms with Gasteiger partial charge in [0.05, 0.1) is 36.2 Å². The molecule has 3 aromatic heterocycles. The monoisotopic (exact) mass is 492 g/mol. The van der Waals surface area contributed by atoms with Crippen molar-refractivity contribution in [1.29, 1.82) is 0 Å². The molecule has 11 heteroatoms. The molecular weight excluding hydrogens is 468 g/mol. The van der Waals surface area contributed by atoms with Gasteiger partial charge in [0.1, 0.15) is 11.5 Å². The van der Waals surface area contributed by atoms with Gasteiger partial charge in [-0.15, -0.1) is 0 Å². The second kappa shape index (κ2) is 9.08. The lowest BCUT2D eigenvalue weighted by atomic mass is 10.0.